The maximum absolute atomic E-state index is 13.0. The first-order valence-electron chi connectivity index (χ1n) is 6.85. The van der Waals surface area contributed by atoms with E-state index in [-0.39, 0.29) is 23.8 Å². The quantitative estimate of drug-likeness (QED) is 0.511. The number of quaternary nitrogens is 1. The van der Waals surface area contributed by atoms with Gasteiger partial charge in [-0.2, -0.15) is 0 Å². The molecule has 1 fully saturated rings. The van der Waals surface area contributed by atoms with E-state index in [1.165, 1.54) is 11.3 Å². The van der Waals surface area contributed by atoms with Crippen LogP contribution in [-0.2, 0) is 5.41 Å². The number of aliphatic hydroxyl groups excluding tert-OH is 1. The summed E-state index contributed by atoms with van der Waals surface area (Å²) in [6.45, 7) is 10.1. The minimum absolute atomic E-state index is 0.0805. The van der Waals surface area contributed by atoms with Crippen molar-refractivity contribution in [3.8, 4) is 12.3 Å². The minimum atomic E-state index is -1.10. The van der Waals surface area contributed by atoms with E-state index in [9.17, 15) is 10.3 Å². The summed E-state index contributed by atoms with van der Waals surface area (Å²) in [6, 6.07) is 0. The minimum Gasteiger partial charge on any atom is -0.623 e. The van der Waals surface area contributed by atoms with Crippen LogP contribution in [0.1, 0.15) is 39.6 Å². The highest BCUT2D eigenvalue weighted by molar-refractivity contribution is 7.15. The van der Waals surface area contributed by atoms with E-state index >= 15 is 0 Å². The standard InChI is InChI=1S/C14H22N4O2S/c1-7-14(5,6)17-8-10(19)18(20,9-17)12-16-15-11(21-12)13(2,3)4/h1,10,19H,8-9H2,2-6H3. The van der Waals surface area contributed by atoms with Crippen molar-refractivity contribution in [3.63, 3.8) is 0 Å². The molecule has 1 aromatic heterocycles. The van der Waals surface area contributed by atoms with Crippen molar-refractivity contribution >= 4 is 16.5 Å². The van der Waals surface area contributed by atoms with Gasteiger partial charge >= 0.3 is 5.13 Å². The van der Waals surface area contributed by atoms with E-state index in [1.807, 2.05) is 39.5 Å². The summed E-state index contributed by atoms with van der Waals surface area (Å²) in [6.07, 6.45) is 4.41. The monoisotopic (exact) mass is 310 g/mol. The van der Waals surface area contributed by atoms with Crippen LogP contribution in [-0.4, -0.2) is 45.2 Å². The van der Waals surface area contributed by atoms with E-state index in [1.54, 1.807) is 0 Å². The van der Waals surface area contributed by atoms with Crippen LogP contribution in [0, 0.1) is 17.6 Å². The highest BCUT2D eigenvalue weighted by Gasteiger charge is 2.47. The van der Waals surface area contributed by atoms with E-state index in [2.05, 4.69) is 16.1 Å². The number of hydroxylamine groups is 2. The normalized spacial score (nSPS) is 27.8. The molecule has 0 aliphatic carbocycles. The van der Waals surface area contributed by atoms with Gasteiger partial charge in [0.05, 0.1) is 12.1 Å². The maximum atomic E-state index is 13.0. The van der Waals surface area contributed by atoms with Crippen LogP contribution < -0.4 is 4.65 Å². The van der Waals surface area contributed by atoms with Gasteiger partial charge in [-0.1, -0.05) is 31.8 Å². The van der Waals surface area contributed by atoms with Crippen molar-refractivity contribution in [2.45, 2.75) is 51.8 Å². The van der Waals surface area contributed by atoms with Crippen molar-refractivity contribution in [3.05, 3.63) is 10.2 Å². The fourth-order valence-electron chi connectivity index (χ4n) is 2.09. The van der Waals surface area contributed by atoms with Gasteiger partial charge in [-0.15, -0.1) is 11.5 Å². The highest BCUT2D eigenvalue weighted by Crippen LogP contribution is 2.37. The van der Waals surface area contributed by atoms with Gasteiger partial charge < -0.3 is 10.3 Å². The van der Waals surface area contributed by atoms with Gasteiger partial charge in [0.2, 0.25) is 6.23 Å². The number of aliphatic hydroxyl groups is 1. The Morgan fingerprint density at radius 2 is 2.00 bits per heavy atom. The molecule has 0 radical (unpaired) electrons. The molecule has 1 aromatic rings. The molecular weight excluding hydrogens is 288 g/mol. The zero-order valence-corrected chi connectivity index (χ0v) is 13.9. The predicted octanol–water partition coefficient (Wildman–Crippen LogP) is 1.64. The lowest BCUT2D eigenvalue weighted by molar-refractivity contribution is 0.0839. The molecule has 2 unspecified atom stereocenters. The fraction of sp³-hybridized carbons (Fsp3) is 0.714. The molecule has 116 valence electrons. The van der Waals surface area contributed by atoms with Crippen molar-refractivity contribution in [2.24, 2.45) is 0 Å². The lowest BCUT2D eigenvalue weighted by Crippen LogP contribution is -2.50. The third kappa shape index (κ3) is 2.82. The molecule has 2 heterocycles. The molecule has 1 aliphatic rings. The van der Waals surface area contributed by atoms with Crippen LogP contribution in [0.15, 0.2) is 0 Å². The average molecular weight is 310 g/mol. The third-order valence-electron chi connectivity index (χ3n) is 3.77. The van der Waals surface area contributed by atoms with Crippen molar-refractivity contribution in [1.29, 1.82) is 0 Å². The van der Waals surface area contributed by atoms with Crippen LogP contribution in [0.2, 0.25) is 0 Å². The molecular formula is C14H22N4O2S. The summed E-state index contributed by atoms with van der Waals surface area (Å²) in [5.74, 6) is 2.66. The first-order valence-corrected chi connectivity index (χ1v) is 7.66. The Morgan fingerprint density at radius 1 is 1.38 bits per heavy atom. The Bertz CT molecular complexity index is 572. The number of β-amino-alcohol motifs (C(OH)–C–C–N with tert-alkyl or cyclic N) is 1. The van der Waals surface area contributed by atoms with Crippen molar-refractivity contribution in [2.75, 3.05) is 13.2 Å². The molecule has 1 saturated heterocycles. The Hall–Kier alpha value is -1.04. The Balaban J connectivity index is 2.31. The van der Waals surface area contributed by atoms with Gasteiger partial charge in [0.1, 0.15) is 11.7 Å². The number of rotatable bonds is 2. The molecule has 0 bridgehead atoms. The van der Waals surface area contributed by atoms with Crippen LogP contribution in [0.25, 0.3) is 0 Å². The molecule has 0 saturated carbocycles. The molecule has 7 heteroatoms. The van der Waals surface area contributed by atoms with Gasteiger partial charge in [0.25, 0.3) is 0 Å². The summed E-state index contributed by atoms with van der Waals surface area (Å²) < 4.78 is -0.904. The first-order chi connectivity index (χ1) is 9.50. The Labute approximate surface area is 129 Å². The Morgan fingerprint density at radius 3 is 2.48 bits per heavy atom. The average Bonchev–Trinajstić information content (AvgIpc) is 2.96. The van der Waals surface area contributed by atoms with E-state index in [0.29, 0.717) is 0 Å². The maximum Gasteiger partial charge on any atom is 0.309 e. The zero-order valence-electron chi connectivity index (χ0n) is 13.1. The van der Waals surface area contributed by atoms with Crippen LogP contribution in [0.3, 0.4) is 0 Å². The van der Waals surface area contributed by atoms with Gasteiger partial charge in [0.15, 0.2) is 0 Å². The largest absolute Gasteiger partial charge is 0.623 e. The van der Waals surface area contributed by atoms with Gasteiger partial charge in [-0.05, 0) is 25.2 Å². The molecule has 6 nitrogen and oxygen atoms in total. The van der Waals surface area contributed by atoms with Crippen LogP contribution >= 0.6 is 11.3 Å². The van der Waals surface area contributed by atoms with E-state index in [0.717, 1.165) is 5.01 Å². The van der Waals surface area contributed by atoms with E-state index < -0.39 is 16.4 Å². The summed E-state index contributed by atoms with van der Waals surface area (Å²) >= 11 is 1.26. The molecule has 0 spiro atoms. The Kier molecular flexibility index (Phi) is 3.89. The molecule has 0 aromatic carbocycles. The summed E-state index contributed by atoms with van der Waals surface area (Å²) in [4.78, 5) is 1.81. The second-order valence-electron chi connectivity index (χ2n) is 6.98. The van der Waals surface area contributed by atoms with Gasteiger partial charge in [0, 0.05) is 5.41 Å². The smallest absolute Gasteiger partial charge is 0.309 e. The SMILES string of the molecule is C#CC(C)(C)N1CC(O)[N+]([O-])(c2nnc(C(C)(C)C)s2)C1. The fourth-order valence-corrected chi connectivity index (χ4v) is 3.07. The molecule has 2 rings (SSSR count). The van der Waals surface area contributed by atoms with Crippen LogP contribution in [0.5, 0.6) is 0 Å². The number of hydrogen-bond acceptors (Lipinski definition) is 6. The molecule has 21 heavy (non-hydrogen) atoms. The molecule has 0 amide bonds. The molecule has 2 atom stereocenters. The van der Waals surface area contributed by atoms with Crippen LogP contribution in [0.4, 0.5) is 5.13 Å². The lowest BCUT2D eigenvalue weighted by atomic mass is 9.98. The third-order valence-corrected chi connectivity index (χ3v) is 5.23. The second-order valence-corrected chi connectivity index (χ2v) is 7.94. The second kappa shape index (κ2) is 5.00. The molecule has 1 N–H and O–H groups in total. The van der Waals surface area contributed by atoms with Gasteiger partial charge in [-0.3, -0.25) is 4.65 Å². The zero-order chi connectivity index (χ0) is 16.1. The van der Waals surface area contributed by atoms with E-state index in [4.69, 9.17) is 6.42 Å². The lowest BCUT2D eigenvalue weighted by Gasteiger charge is -2.38. The first kappa shape index (κ1) is 16.3. The topological polar surface area (TPSA) is 72.3 Å². The summed E-state index contributed by atoms with van der Waals surface area (Å²) in [5, 5.41) is 32.5. The number of terminal acetylenes is 1. The summed E-state index contributed by atoms with van der Waals surface area (Å²) in [5.41, 5.74) is -0.750. The van der Waals surface area contributed by atoms with Crippen molar-refractivity contribution < 1.29 is 5.11 Å². The van der Waals surface area contributed by atoms with Crippen molar-refractivity contribution in [1.82, 2.24) is 19.7 Å². The molecule has 1 aliphatic heterocycles. The number of nitrogens with zero attached hydrogens (tertiary/aromatic N) is 4. The number of hydrogen-bond donors (Lipinski definition) is 1. The highest BCUT2D eigenvalue weighted by atomic mass is 32.1. The summed E-state index contributed by atoms with van der Waals surface area (Å²) in [7, 11) is 0. The predicted molar refractivity (Wildman–Crippen MR) is 84.3 cm³/mol. The van der Waals surface area contributed by atoms with Gasteiger partial charge in [-0.25, -0.2) is 4.90 Å². The number of aromatic nitrogens is 2.